The summed E-state index contributed by atoms with van der Waals surface area (Å²) in [7, 11) is 0. The lowest BCUT2D eigenvalue weighted by molar-refractivity contribution is -0.133. The van der Waals surface area contributed by atoms with Gasteiger partial charge in [0.15, 0.2) is 0 Å². The number of carbonyl (C=O) groups is 1. The van der Waals surface area contributed by atoms with Crippen LogP contribution in [0.1, 0.15) is 5.56 Å². The van der Waals surface area contributed by atoms with Crippen LogP contribution in [0.5, 0.6) is 0 Å². The van der Waals surface area contributed by atoms with Crippen molar-refractivity contribution in [1.29, 1.82) is 0 Å². The first kappa shape index (κ1) is 12.1. The summed E-state index contributed by atoms with van der Waals surface area (Å²) in [6.45, 7) is 3.26. The van der Waals surface area contributed by atoms with Gasteiger partial charge in [0, 0.05) is 26.2 Å². The van der Waals surface area contributed by atoms with E-state index in [-0.39, 0.29) is 5.91 Å². The predicted molar refractivity (Wildman–Crippen MR) is 67.6 cm³/mol. The van der Waals surface area contributed by atoms with Crippen molar-refractivity contribution in [2.24, 2.45) is 5.73 Å². The van der Waals surface area contributed by atoms with Gasteiger partial charge in [-0.2, -0.15) is 0 Å². The molecule has 0 unspecified atom stereocenters. The predicted octanol–water partition coefficient (Wildman–Crippen LogP) is -0.0118. The number of hydrogen-bond acceptors (Lipinski definition) is 3. The second-order valence-corrected chi connectivity index (χ2v) is 4.37. The summed E-state index contributed by atoms with van der Waals surface area (Å²) < 4.78 is 0. The van der Waals surface area contributed by atoms with Crippen LogP contribution >= 0.6 is 0 Å². The summed E-state index contributed by atoms with van der Waals surface area (Å²) in [6, 6.07) is 9.49. The molecule has 2 rings (SSSR count). The van der Waals surface area contributed by atoms with Gasteiger partial charge in [-0.25, -0.2) is 0 Å². The van der Waals surface area contributed by atoms with Crippen molar-refractivity contribution in [3.8, 4) is 0 Å². The molecule has 92 valence electrons. The average Bonchev–Trinajstić information content (AvgIpc) is 2.40. The van der Waals surface area contributed by atoms with E-state index in [0.29, 0.717) is 6.42 Å². The van der Waals surface area contributed by atoms with Gasteiger partial charge in [0.2, 0.25) is 5.91 Å². The summed E-state index contributed by atoms with van der Waals surface area (Å²) >= 11 is 0. The molecule has 0 bridgehead atoms. The first-order chi connectivity index (χ1) is 8.27. The molecule has 1 fully saturated rings. The number of nitrogens with two attached hydrogens (primary N) is 1. The lowest BCUT2D eigenvalue weighted by Crippen LogP contribution is -2.52. The Labute approximate surface area is 102 Å². The van der Waals surface area contributed by atoms with Crippen molar-refractivity contribution in [3.63, 3.8) is 0 Å². The summed E-state index contributed by atoms with van der Waals surface area (Å²) in [5.41, 5.74) is 7.08. The minimum atomic E-state index is -0.421. The van der Waals surface area contributed by atoms with Crippen LogP contribution in [-0.4, -0.2) is 43.0 Å². The topological polar surface area (TPSA) is 58.4 Å². The van der Waals surface area contributed by atoms with E-state index in [1.54, 1.807) is 0 Å². The molecule has 0 aromatic heterocycles. The number of rotatable bonds is 3. The highest BCUT2D eigenvalue weighted by Crippen LogP contribution is 2.05. The van der Waals surface area contributed by atoms with E-state index >= 15 is 0 Å². The van der Waals surface area contributed by atoms with E-state index < -0.39 is 6.04 Å². The monoisotopic (exact) mass is 233 g/mol. The Morgan fingerprint density at radius 3 is 2.59 bits per heavy atom. The van der Waals surface area contributed by atoms with E-state index in [1.807, 2.05) is 35.2 Å². The third-order valence-electron chi connectivity index (χ3n) is 3.04. The number of nitrogens with zero attached hydrogens (tertiary/aromatic N) is 1. The van der Waals surface area contributed by atoms with Crippen LogP contribution in [0.3, 0.4) is 0 Å². The Morgan fingerprint density at radius 2 is 1.94 bits per heavy atom. The van der Waals surface area contributed by atoms with Crippen molar-refractivity contribution in [2.75, 3.05) is 26.2 Å². The molecular weight excluding hydrogens is 214 g/mol. The van der Waals surface area contributed by atoms with Crippen molar-refractivity contribution in [2.45, 2.75) is 12.5 Å². The molecule has 1 saturated heterocycles. The van der Waals surface area contributed by atoms with Crippen molar-refractivity contribution >= 4 is 5.91 Å². The molecule has 1 aliphatic heterocycles. The molecule has 1 amide bonds. The maximum Gasteiger partial charge on any atom is 0.239 e. The maximum atomic E-state index is 12.1. The van der Waals surface area contributed by atoms with Crippen molar-refractivity contribution in [1.82, 2.24) is 10.2 Å². The van der Waals surface area contributed by atoms with Crippen molar-refractivity contribution < 1.29 is 4.79 Å². The molecule has 1 aromatic rings. The average molecular weight is 233 g/mol. The van der Waals surface area contributed by atoms with Crippen LogP contribution in [0, 0.1) is 0 Å². The second kappa shape index (κ2) is 5.80. The highest BCUT2D eigenvalue weighted by Gasteiger charge is 2.22. The fourth-order valence-electron chi connectivity index (χ4n) is 2.08. The quantitative estimate of drug-likeness (QED) is 0.772. The van der Waals surface area contributed by atoms with Crippen LogP contribution < -0.4 is 11.1 Å². The number of carbonyl (C=O) groups excluding carboxylic acids is 1. The molecule has 1 aliphatic rings. The normalized spacial score (nSPS) is 17.8. The van der Waals surface area contributed by atoms with Gasteiger partial charge in [-0.05, 0) is 12.0 Å². The summed E-state index contributed by atoms with van der Waals surface area (Å²) in [5, 5.41) is 3.22. The van der Waals surface area contributed by atoms with Gasteiger partial charge in [-0.15, -0.1) is 0 Å². The second-order valence-electron chi connectivity index (χ2n) is 4.37. The fraction of sp³-hybridized carbons (Fsp3) is 0.462. The molecule has 1 heterocycles. The first-order valence-corrected chi connectivity index (χ1v) is 6.06. The van der Waals surface area contributed by atoms with Crippen LogP contribution in [-0.2, 0) is 11.2 Å². The molecule has 0 radical (unpaired) electrons. The van der Waals surface area contributed by atoms with Gasteiger partial charge < -0.3 is 16.0 Å². The van der Waals surface area contributed by atoms with Crippen LogP contribution in [0.4, 0.5) is 0 Å². The van der Waals surface area contributed by atoms with Gasteiger partial charge in [-0.1, -0.05) is 30.3 Å². The molecule has 1 atom stereocenters. The van der Waals surface area contributed by atoms with Crippen LogP contribution in [0.25, 0.3) is 0 Å². The highest BCUT2D eigenvalue weighted by molar-refractivity contribution is 5.82. The molecule has 4 nitrogen and oxygen atoms in total. The molecular formula is C13H19N3O. The van der Waals surface area contributed by atoms with Crippen LogP contribution in [0.2, 0.25) is 0 Å². The zero-order valence-corrected chi connectivity index (χ0v) is 9.93. The van der Waals surface area contributed by atoms with Gasteiger partial charge in [0.1, 0.15) is 0 Å². The fourth-order valence-corrected chi connectivity index (χ4v) is 2.08. The van der Waals surface area contributed by atoms with Gasteiger partial charge in [-0.3, -0.25) is 4.79 Å². The molecule has 3 N–H and O–H groups in total. The highest BCUT2D eigenvalue weighted by atomic mass is 16.2. The van der Waals surface area contributed by atoms with Gasteiger partial charge in [0.05, 0.1) is 6.04 Å². The molecule has 1 aromatic carbocycles. The molecule has 4 heteroatoms. The largest absolute Gasteiger partial charge is 0.339 e. The zero-order chi connectivity index (χ0) is 12.1. The maximum absolute atomic E-state index is 12.1. The molecule has 17 heavy (non-hydrogen) atoms. The Kier molecular flexibility index (Phi) is 4.12. The van der Waals surface area contributed by atoms with Gasteiger partial charge in [0.25, 0.3) is 0 Å². The lowest BCUT2D eigenvalue weighted by Gasteiger charge is -2.29. The number of benzene rings is 1. The Hall–Kier alpha value is -1.39. The summed E-state index contributed by atoms with van der Waals surface area (Å²) in [6.07, 6.45) is 0.615. The Balaban J connectivity index is 1.90. The minimum Gasteiger partial charge on any atom is -0.339 e. The number of amides is 1. The third kappa shape index (κ3) is 3.28. The van der Waals surface area contributed by atoms with E-state index in [0.717, 1.165) is 31.7 Å². The first-order valence-electron chi connectivity index (χ1n) is 6.06. The van der Waals surface area contributed by atoms with Gasteiger partial charge >= 0.3 is 0 Å². The molecule has 0 aliphatic carbocycles. The van der Waals surface area contributed by atoms with E-state index in [4.69, 9.17) is 5.73 Å². The lowest BCUT2D eigenvalue weighted by atomic mass is 10.1. The summed E-state index contributed by atoms with van der Waals surface area (Å²) in [5.74, 6) is 0.0651. The molecule has 0 saturated carbocycles. The summed E-state index contributed by atoms with van der Waals surface area (Å²) in [4.78, 5) is 13.9. The van der Waals surface area contributed by atoms with E-state index in [2.05, 4.69) is 5.32 Å². The standard InChI is InChI=1S/C13H19N3O/c14-12(10-11-4-2-1-3-5-11)13(17)16-8-6-15-7-9-16/h1-5,12,15H,6-10,14H2/t12-/m1/s1. The van der Waals surface area contributed by atoms with Crippen LogP contribution in [0.15, 0.2) is 30.3 Å². The number of hydrogen-bond donors (Lipinski definition) is 2. The van der Waals surface area contributed by atoms with E-state index in [9.17, 15) is 4.79 Å². The SMILES string of the molecule is N[C@H](Cc1ccccc1)C(=O)N1CCNCC1. The van der Waals surface area contributed by atoms with E-state index in [1.165, 1.54) is 0 Å². The Morgan fingerprint density at radius 1 is 1.29 bits per heavy atom. The third-order valence-corrected chi connectivity index (χ3v) is 3.04. The Bertz CT molecular complexity index is 360. The minimum absolute atomic E-state index is 0.0651. The zero-order valence-electron chi connectivity index (χ0n) is 9.93. The number of piperazine rings is 1. The number of nitrogens with one attached hydrogen (secondary N) is 1. The molecule has 0 spiro atoms. The smallest absolute Gasteiger partial charge is 0.239 e. The van der Waals surface area contributed by atoms with Crippen molar-refractivity contribution in [3.05, 3.63) is 35.9 Å².